The van der Waals surface area contributed by atoms with Crippen molar-refractivity contribution in [2.75, 3.05) is 5.73 Å². The van der Waals surface area contributed by atoms with Gasteiger partial charge in [-0.15, -0.1) is 0 Å². The van der Waals surface area contributed by atoms with Gasteiger partial charge in [0.2, 0.25) is 0 Å². The molecule has 0 aliphatic heterocycles. The van der Waals surface area contributed by atoms with Gasteiger partial charge < -0.3 is 10.5 Å². The molecular weight excluding hydrogens is 166 g/mol. The Morgan fingerprint density at radius 3 is 3.00 bits per heavy atom. The molecule has 1 aromatic rings. The Labute approximate surface area is 76.0 Å². The summed E-state index contributed by atoms with van der Waals surface area (Å²) in [5.41, 5.74) is 5.83. The zero-order valence-electron chi connectivity index (χ0n) is 7.03. The minimum Gasteiger partial charge on any atom is -0.489 e. The van der Waals surface area contributed by atoms with Crippen molar-refractivity contribution in [2.24, 2.45) is 0 Å². The van der Waals surface area contributed by atoms with Crippen LogP contribution in [-0.2, 0) is 0 Å². The maximum absolute atomic E-state index is 8.67. The van der Waals surface area contributed by atoms with E-state index in [1.165, 1.54) is 0 Å². The Morgan fingerprint density at radius 1 is 1.62 bits per heavy atom. The van der Waals surface area contributed by atoms with Crippen molar-refractivity contribution in [3.8, 4) is 11.8 Å². The molecule has 1 aliphatic carbocycles. The number of anilines is 1. The molecule has 0 bridgehead atoms. The van der Waals surface area contributed by atoms with Crippen molar-refractivity contribution in [3.63, 3.8) is 0 Å². The van der Waals surface area contributed by atoms with E-state index in [2.05, 4.69) is 4.98 Å². The van der Waals surface area contributed by atoms with Crippen LogP contribution in [0.1, 0.15) is 18.4 Å². The first-order valence-electron chi connectivity index (χ1n) is 4.12. The van der Waals surface area contributed by atoms with E-state index in [-0.39, 0.29) is 5.82 Å². The molecule has 2 N–H and O–H groups in total. The molecule has 4 heteroatoms. The van der Waals surface area contributed by atoms with Gasteiger partial charge in [0.15, 0.2) is 0 Å². The number of nitrogens with two attached hydrogens (primary N) is 1. The molecule has 0 radical (unpaired) electrons. The topological polar surface area (TPSA) is 71.9 Å². The number of pyridine rings is 1. The highest BCUT2D eigenvalue weighted by Gasteiger charge is 2.23. The Hall–Kier alpha value is -1.76. The molecule has 1 saturated carbocycles. The molecule has 1 fully saturated rings. The van der Waals surface area contributed by atoms with Gasteiger partial charge in [0.1, 0.15) is 17.6 Å². The predicted molar refractivity (Wildman–Crippen MR) is 47.0 cm³/mol. The van der Waals surface area contributed by atoms with Crippen molar-refractivity contribution in [2.45, 2.75) is 18.9 Å². The van der Waals surface area contributed by atoms with Crippen LogP contribution in [0.25, 0.3) is 0 Å². The molecule has 4 nitrogen and oxygen atoms in total. The van der Waals surface area contributed by atoms with E-state index in [0.717, 1.165) is 12.8 Å². The van der Waals surface area contributed by atoms with Gasteiger partial charge in [-0.1, -0.05) is 0 Å². The highest BCUT2D eigenvalue weighted by Crippen LogP contribution is 2.27. The first-order valence-corrected chi connectivity index (χ1v) is 4.12. The second-order valence-electron chi connectivity index (χ2n) is 3.03. The maximum Gasteiger partial charge on any atom is 0.141 e. The highest BCUT2D eigenvalue weighted by molar-refractivity contribution is 5.50. The monoisotopic (exact) mass is 175 g/mol. The van der Waals surface area contributed by atoms with Crippen LogP contribution in [0.4, 0.5) is 5.82 Å². The second-order valence-corrected chi connectivity index (χ2v) is 3.03. The van der Waals surface area contributed by atoms with E-state index >= 15 is 0 Å². The summed E-state index contributed by atoms with van der Waals surface area (Å²) in [5.74, 6) is 0.888. The highest BCUT2D eigenvalue weighted by atomic mass is 16.5. The SMILES string of the molecule is N#Cc1cc(OC2CC2)cnc1N. The first kappa shape index (κ1) is 7.87. The van der Waals surface area contributed by atoms with E-state index in [9.17, 15) is 0 Å². The third-order valence-corrected chi connectivity index (χ3v) is 1.84. The van der Waals surface area contributed by atoms with Crippen molar-refractivity contribution in [3.05, 3.63) is 17.8 Å². The molecule has 0 spiro atoms. The first-order chi connectivity index (χ1) is 6.29. The summed E-state index contributed by atoms with van der Waals surface area (Å²) in [6, 6.07) is 3.59. The minimum atomic E-state index is 0.255. The third kappa shape index (κ3) is 1.70. The predicted octanol–water partition coefficient (Wildman–Crippen LogP) is 1.08. The standard InChI is InChI=1S/C9H9N3O/c10-4-6-3-8(5-12-9(6)11)13-7-1-2-7/h3,5,7H,1-2H2,(H2,11,12). The number of hydrogen-bond acceptors (Lipinski definition) is 4. The molecule has 13 heavy (non-hydrogen) atoms. The van der Waals surface area contributed by atoms with Crippen molar-refractivity contribution in [1.29, 1.82) is 5.26 Å². The van der Waals surface area contributed by atoms with E-state index < -0.39 is 0 Å². The molecule has 1 heterocycles. The van der Waals surface area contributed by atoms with Crippen LogP contribution in [0.15, 0.2) is 12.3 Å². The number of nitrogens with zero attached hydrogens (tertiary/aromatic N) is 2. The summed E-state index contributed by atoms with van der Waals surface area (Å²) in [6.45, 7) is 0. The normalized spacial score (nSPS) is 15.0. The third-order valence-electron chi connectivity index (χ3n) is 1.84. The van der Waals surface area contributed by atoms with E-state index in [1.807, 2.05) is 6.07 Å². The van der Waals surface area contributed by atoms with Gasteiger partial charge in [0, 0.05) is 6.07 Å². The Morgan fingerprint density at radius 2 is 2.38 bits per heavy atom. The van der Waals surface area contributed by atoms with Crippen LogP contribution >= 0.6 is 0 Å². The Bertz CT molecular complexity index is 366. The van der Waals surface area contributed by atoms with E-state index in [0.29, 0.717) is 17.4 Å². The van der Waals surface area contributed by atoms with Crippen LogP contribution in [0.2, 0.25) is 0 Å². The molecule has 0 unspecified atom stereocenters. The fourth-order valence-electron chi connectivity index (χ4n) is 0.989. The molecule has 0 amide bonds. The van der Waals surface area contributed by atoms with Gasteiger partial charge in [0.05, 0.1) is 17.9 Å². The van der Waals surface area contributed by atoms with Gasteiger partial charge >= 0.3 is 0 Å². The summed E-state index contributed by atoms with van der Waals surface area (Å²) < 4.78 is 5.45. The molecule has 1 aliphatic rings. The minimum absolute atomic E-state index is 0.255. The Kier molecular flexibility index (Phi) is 1.78. The zero-order chi connectivity index (χ0) is 9.26. The largest absolute Gasteiger partial charge is 0.489 e. The van der Waals surface area contributed by atoms with Crippen LogP contribution in [0.3, 0.4) is 0 Å². The fraction of sp³-hybridized carbons (Fsp3) is 0.333. The molecular formula is C9H9N3O. The number of nitriles is 1. The average Bonchev–Trinajstić information content (AvgIpc) is 2.92. The molecule has 0 saturated heterocycles. The lowest BCUT2D eigenvalue weighted by atomic mass is 10.3. The number of hydrogen-bond donors (Lipinski definition) is 1. The quantitative estimate of drug-likeness (QED) is 0.729. The fourth-order valence-corrected chi connectivity index (χ4v) is 0.989. The van der Waals surface area contributed by atoms with E-state index in [1.54, 1.807) is 12.3 Å². The Balaban J connectivity index is 2.22. The summed E-state index contributed by atoms with van der Waals surface area (Å²) in [4.78, 5) is 3.86. The van der Waals surface area contributed by atoms with Gasteiger partial charge in [0.25, 0.3) is 0 Å². The summed E-state index contributed by atoms with van der Waals surface area (Å²) in [6.07, 6.45) is 4.05. The smallest absolute Gasteiger partial charge is 0.141 e. The number of ether oxygens (including phenoxy) is 1. The van der Waals surface area contributed by atoms with Crippen molar-refractivity contribution < 1.29 is 4.74 Å². The molecule has 66 valence electrons. The molecule has 1 aromatic heterocycles. The van der Waals surface area contributed by atoms with Crippen LogP contribution in [-0.4, -0.2) is 11.1 Å². The summed E-state index contributed by atoms with van der Waals surface area (Å²) in [7, 11) is 0. The van der Waals surface area contributed by atoms with Gasteiger partial charge in [-0.2, -0.15) is 5.26 Å². The average molecular weight is 175 g/mol. The van der Waals surface area contributed by atoms with Crippen LogP contribution < -0.4 is 10.5 Å². The summed E-state index contributed by atoms with van der Waals surface area (Å²) in [5, 5.41) is 8.67. The maximum atomic E-state index is 8.67. The lowest BCUT2D eigenvalue weighted by Gasteiger charge is -2.04. The lowest BCUT2D eigenvalue weighted by molar-refractivity contribution is 0.302. The number of aromatic nitrogens is 1. The van der Waals surface area contributed by atoms with Crippen LogP contribution in [0, 0.1) is 11.3 Å². The van der Waals surface area contributed by atoms with Gasteiger partial charge in [-0.05, 0) is 12.8 Å². The van der Waals surface area contributed by atoms with Crippen molar-refractivity contribution in [1.82, 2.24) is 4.98 Å². The molecule has 0 atom stereocenters. The molecule has 0 aromatic carbocycles. The van der Waals surface area contributed by atoms with E-state index in [4.69, 9.17) is 15.7 Å². The zero-order valence-corrected chi connectivity index (χ0v) is 7.03. The van der Waals surface area contributed by atoms with Crippen LogP contribution in [0.5, 0.6) is 5.75 Å². The number of rotatable bonds is 2. The lowest BCUT2D eigenvalue weighted by Crippen LogP contribution is -1.99. The number of nitrogen functional groups attached to an aromatic ring is 1. The van der Waals surface area contributed by atoms with Gasteiger partial charge in [-0.3, -0.25) is 0 Å². The van der Waals surface area contributed by atoms with Gasteiger partial charge in [-0.25, -0.2) is 4.98 Å². The molecule has 2 rings (SSSR count). The summed E-state index contributed by atoms with van der Waals surface area (Å²) >= 11 is 0. The second kappa shape index (κ2) is 2.94. The van der Waals surface area contributed by atoms with Crippen molar-refractivity contribution >= 4 is 5.82 Å².